The molecule has 1 aromatic rings. The fraction of sp³-hybridized carbons (Fsp3) is 0.778. The molecule has 0 radical (unpaired) electrons. The Hall–Kier alpha value is -0.900. The lowest BCUT2D eigenvalue weighted by molar-refractivity contribution is 0.309. The molecule has 0 saturated heterocycles. The minimum absolute atomic E-state index is 0.209. The molecule has 0 unspecified atom stereocenters. The van der Waals surface area contributed by atoms with Gasteiger partial charge in [0, 0.05) is 13.0 Å². The molecule has 13 heavy (non-hydrogen) atoms. The molecule has 2 N–H and O–H groups in total. The number of nitrogens with two attached hydrogens (primary N) is 1. The van der Waals surface area contributed by atoms with E-state index in [2.05, 4.69) is 17.1 Å². The highest BCUT2D eigenvalue weighted by Crippen LogP contribution is 2.19. The maximum absolute atomic E-state index is 5.59. The van der Waals surface area contributed by atoms with E-state index in [1.807, 2.05) is 13.8 Å². The first kappa shape index (κ1) is 10.2. The Morgan fingerprint density at radius 1 is 1.46 bits per heavy atom. The van der Waals surface area contributed by atoms with E-state index >= 15 is 0 Å². The number of hydrogen-bond donors (Lipinski definition) is 1. The van der Waals surface area contributed by atoms with Crippen molar-refractivity contribution in [2.45, 2.75) is 39.0 Å². The van der Waals surface area contributed by atoms with Gasteiger partial charge in [0.25, 0.3) is 0 Å². The van der Waals surface area contributed by atoms with Crippen molar-refractivity contribution in [3.63, 3.8) is 0 Å². The normalized spacial score (nSPS) is 12.0. The van der Waals surface area contributed by atoms with Gasteiger partial charge in [-0.1, -0.05) is 12.1 Å². The highest BCUT2D eigenvalue weighted by molar-refractivity contribution is 5.01. The molecule has 0 aliphatic rings. The van der Waals surface area contributed by atoms with Crippen molar-refractivity contribution >= 4 is 0 Å². The van der Waals surface area contributed by atoms with Gasteiger partial charge >= 0.3 is 0 Å². The van der Waals surface area contributed by atoms with Crippen molar-refractivity contribution in [2.75, 3.05) is 6.54 Å². The Balaban J connectivity index is 2.79. The molecule has 0 fully saturated rings. The summed E-state index contributed by atoms with van der Waals surface area (Å²) in [5, 5.41) is 3.88. The molecular formula is C9H17N3O. The fourth-order valence-electron chi connectivity index (χ4n) is 0.941. The molecule has 0 amide bonds. The van der Waals surface area contributed by atoms with Crippen LogP contribution in [0.5, 0.6) is 0 Å². The van der Waals surface area contributed by atoms with Gasteiger partial charge in [0.2, 0.25) is 5.89 Å². The van der Waals surface area contributed by atoms with Gasteiger partial charge in [-0.05, 0) is 20.3 Å². The molecule has 4 heteroatoms. The third-order valence-corrected chi connectivity index (χ3v) is 2.03. The maximum Gasteiger partial charge on any atom is 0.233 e. The molecular weight excluding hydrogens is 166 g/mol. The Bertz CT molecular complexity index is 268. The molecule has 4 nitrogen and oxygen atoms in total. The van der Waals surface area contributed by atoms with Crippen LogP contribution in [0, 0.1) is 0 Å². The van der Waals surface area contributed by atoms with Gasteiger partial charge in [-0.3, -0.25) is 0 Å². The van der Waals surface area contributed by atoms with Crippen molar-refractivity contribution in [1.82, 2.24) is 10.1 Å². The van der Waals surface area contributed by atoms with Crippen LogP contribution in [-0.4, -0.2) is 16.7 Å². The van der Waals surface area contributed by atoms with Gasteiger partial charge in [0.1, 0.15) is 0 Å². The van der Waals surface area contributed by atoms with Crippen LogP contribution >= 0.6 is 0 Å². The van der Waals surface area contributed by atoms with Gasteiger partial charge in [-0.25, -0.2) is 0 Å². The summed E-state index contributed by atoms with van der Waals surface area (Å²) in [7, 11) is 0. The summed E-state index contributed by atoms with van der Waals surface area (Å²) in [5.74, 6) is 1.41. The largest absolute Gasteiger partial charge is 0.339 e. The average molecular weight is 183 g/mol. The zero-order valence-corrected chi connectivity index (χ0v) is 8.50. The SMILES string of the molecule is CCCc1noc(C(C)(C)CN)n1. The van der Waals surface area contributed by atoms with E-state index in [0.29, 0.717) is 12.4 Å². The van der Waals surface area contributed by atoms with E-state index in [1.165, 1.54) is 0 Å². The molecule has 0 atom stereocenters. The van der Waals surface area contributed by atoms with Gasteiger partial charge < -0.3 is 10.3 Å². The highest BCUT2D eigenvalue weighted by atomic mass is 16.5. The molecule has 0 aromatic carbocycles. The summed E-state index contributed by atoms with van der Waals surface area (Å²) in [6.45, 7) is 6.59. The standard InChI is InChI=1S/C9H17N3O/c1-4-5-7-11-8(13-12-7)9(2,3)6-10/h4-6,10H2,1-3H3. The highest BCUT2D eigenvalue weighted by Gasteiger charge is 2.25. The van der Waals surface area contributed by atoms with Crippen LogP contribution in [-0.2, 0) is 11.8 Å². The van der Waals surface area contributed by atoms with E-state index in [-0.39, 0.29) is 5.41 Å². The molecule has 1 aromatic heterocycles. The van der Waals surface area contributed by atoms with Crippen molar-refractivity contribution in [2.24, 2.45) is 5.73 Å². The van der Waals surface area contributed by atoms with Gasteiger partial charge in [-0.2, -0.15) is 4.98 Å². The van der Waals surface area contributed by atoms with Crippen LogP contribution in [0.3, 0.4) is 0 Å². The van der Waals surface area contributed by atoms with Crippen molar-refractivity contribution in [3.8, 4) is 0 Å². The first-order chi connectivity index (χ1) is 6.10. The van der Waals surface area contributed by atoms with Crippen LogP contribution in [0.25, 0.3) is 0 Å². The van der Waals surface area contributed by atoms with Crippen molar-refractivity contribution < 1.29 is 4.52 Å². The molecule has 0 aliphatic heterocycles. The Morgan fingerprint density at radius 2 is 2.15 bits per heavy atom. The second-order valence-electron chi connectivity index (χ2n) is 3.85. The number of aryl methyl sites for hydroxylation is 1. The Morgan fingerprint density at radius 3 is 2.69 bits per heavy atom. The molecule has 0 aliphatic carbocycles. The zero-order valence-electron chi connectivity index (χ0n) is 8.50. The number of nitrogens with zero attached hydrogens (tertiary/aromatic N) is 2. The number of rotatable bonds is 4. The smallest absolute Gasteiger partial charge is 0.233 e. The minimum Gasteiger partial charge on any atom is -0.339 e. The molecule has 1 rings (SSSR count). The predicted molar refractivity (Wildman–Crippen MR) is 50.4 cm³/mol. The monoisotopic (exact) mass is 183 g/mol. The lowest BCUT2D eigenvalue weighted by Crippen LogP contribution is -2.28. The van der Waals surface area contributed by atoms with Gasteiger partial charge in [0.15, 0.2) is 5.82 Å². The maximum atomic E-state index is 5.59. The summed E-state index contributed by atoms with van der Waals surface area (Å²) in [6, 6.07) is 0. The van der Waals surface area contributed by atoms with Crippen molar-refractivity contribution in [1.29, 1.82) is 0 Å². The van der Waals surface area contributed by atoms with Crippen molar-refractivity contribution in [3.05, 3.63) is 11.7 Å². The Kier molecular flexibility index (Phi) is 3.03. The average Bonchev–Trinajstić information content (AvgIpc) is 2.54. The van der Waals surface area contributed by atoms with E-state index in [4.69, 9.17) is 10.3 Å². The first-order valence-corrected chi connectivity index (χ1v) is 4.63. The van der Waals surface area contributed by atoms with E-state index < -0.39 is 0 Å². The lowest BCUT2D eigenvalue weighted by atomic mass is 9.94. The first-order valence-electron chi connectivity index (χ1n) is 4.63. The second-order valence-corrected chi connectivity index (χ2v) is 3.85. The van der Waals surface area contributed by atoms with E-state index in [9.17, 15) is 0 Å². The van der Waals surface area contributed by atoms with E-state index in [0.717, 1.165) is 18.7 Å². The van der Waals surface area contributed by atoms with E-state index in [1.54, 1.807) is 0 Å². The topological polar surface area (TPSA) is 64.9 Å². The summed E-state index contributed by atoms with van der Waals surface area (Å²) < 4.78 is 5.13. The summed E-state index contributed by atoms with van der Waals surface area (Å²) in [5.41, 5.74) is 5.38. The zero-order chi connectivity index (χ0) is 9.90. The van der Waals surface area contributed by atoms with Gasteiger partial charge in [0.05, 0.1) is 5.41 Å². The second kappa shape index (κ2) is 3.87. The summed E-state index contributed by atoms with van der Waals surface area (Å²) >= 11 is 0. The molecule has 0 spiro atoms. The molecule has 0 bridgehead atoms. The quantitative estimate of drug-likeness (QED) is 0.763. The summed E-state index contributed by atoms with van der Waals surface area (Å²) in [6.07, 6.45) is 1.90. The number of aromatic nitrogens is 2. The van der Waals surface area contributed by atoms with Gasteiger partial charge in [-0.15, -0.1) is 0 Å². The van der Waals surface area contributed by atoms with Crippen LogP contribution in [0.4, 0.5) is 0 Å². The fourth-order valence-corrected chi connectivity index (χ4v) is 0.941. The van der Waals surface area contributed by atoms with Crippen LogP contribution in [0.2, 0.25) is 0 Å². The Labute approximate surface area is 78.5 Å². The third-order valence-electron chi connectivity index (χ3n) is 2.03. The summed E-state index contributed by atoms with van der Waals surface area (Å²) in [4.78, 5) is 4.28. The predicted octanol–water partition coefficient (Wildman–Crippen LogP) is 1.26. The number of hydrogen-bond acceptors (Lipinski definition) is 4. The van der Waals surface area contributed by atoms with Crippen LogP contribution < -0.4 is 5.73 Å². The third kappa shape index (κ3) is 2.28. The molecule has 1 heterocycles. The minimum atomic E-state index is -0.209. The van der Waals surface area contributed by atoms with Crippen LogP contribution in [0.15, 0.2) is 4.52 Å². The lowest BCUT2D eigenvalue weighted by Gasteiger charge is -2.15. The van der Waals surface area contributed by atoms with Crippen LogP contribution in [0.1, 0.15) is 38.9 Å². The molecule has 74 valence electrons. The molecule has 0 saturated carbocycles.